The van der Waals surface area contributed by atoms with Gasteiger partial charge in [0.1, 0.15) is 11.4 Å². The van der Waals surface area contributed by atoms with E-state index in [1.54, 1.807) is 0 Å². The summed E-state index contributed by atoms with van der Waals surface area (Å²) < 4.78 is 74.1. The van der Waals surface area contributed by atoms with E-state index in [1.807, 2.05) is 0 Å². The number of alkyl halides is 3. The van der Waals surface area contributed by atoms with Crippen molar-refractivity contribution in [2.75, 3.05) is 0 Å². The van der Waals surface area contributed by atoms with Crippen molar-refractivity contribution in [3.8, 4) is 22.9 Å². The van der Waals surface area contributed by atoms with Crippen molar-refractivity contribution >= 4 is 16.7 Å². The molecule has 0 amide bonds. The highest BCUT2D eigenvalue weighted by Gasteiger charge is 2.35. The maximum absolute atomic E-state index is 14.0. The SMILES string of the molecule is CC(=O)c1nccc2[nH]c(-c3c(Oc4ccc(F)c(F)c4C)ncc(C(F)(F)F)c3C)cc(=O)c12. The Kier molecular flexibility index (Phi) is 5.87. The second-order valence-electron chi connectivity index (χ2n) is 7.75. The van der Waals surface area contributed by atoms with Gasteiger partial charge in [-0.3, -0.25) is 14.6 Å². The first kappa shape index (κ1) is 24.0. The molecule has 3 heterocycles. The second-order valence-corrected chi connectivity index (χ2v) is 7.75. The molecule has 0 aliphatic carbocycles. The Balaban J connectivity index is 2.00. The molecule has 0 unspecified atom stereocenters. The molecule has 0 atom stereocenters. The lowest BCUT2D eigenvalue weighted by Crippen LogP contribution is -2.13. The quantitative estimate of drug-likeness (QED) is 0.285. The van der Waals surface area contributed by atoms with Crippen molar-refractivity contribution in [2.45, 2.75) is 26.9 Å². The molecule has 0 spiro atoms. The molecule has 6 nitrogen and oxygen atoms in total. The Morgan fingerprint density at radius 1 is 1.06 bits per heavy atom. The summed E-state index contributed by atoms with van der Waals surface area (Å²) in [5.74, 6) is -3.33. The predicted molar refractivity (Wildman–Crippen MR) is 117 cm³/mol. The van der Waals surface area contributed by atoms with Crippen LogP contribution in [0.2, 0.25) is 0 Å². The Hall–Kier alpha value is -4.15. The highest BCUT2D eigenvalue weighted by molar-refractivity contribution is 6.04. The fourth-order valence-corrected chi connectivity index (χ4v) is 3.71. The van der Waals surface area contributed by atoms with Crippen LogP contribution in [-0.4, -0.2) is 20.7 Å². The molecular formula is C24H16F5N3O3. The molecule has 4 aromatic rings. The van der Waals surface area contributed by atoms with E-state index in [-0.39, 0.29) is 50.6 Å². The van der Waals surface area contributed by atoms with Crippen LogP contribution in [0.5, 0.6) is 11.6 Å². The lowest BCUT2D eigenvalue weighted by molar-refractivity contribution is -0.138. The van der Waals surface area contributed by atoms with Crippen LogP contribution >= 0.6 is 0 Å². The predicted octanol–water partition coefficient (Wildman–Crippen LogP) is 5.89. The van der Waals surface area contributed by atoms with Crippen LogP contribution in [0.1, 0.15) is 34.1 Å². The minimum Gasteiger partial charge on any atom is -0.438 e. The van der Waals surface area contributed by atoms with Crippen molar-refractivity contribution in [1.29, 1.82) is 0 Å². The van der Waals surface area contributed by atoms with Gasteiger partial charge in [-0.15, -0.1) is 0 Å². The van der Waals surface area contributed by atoms with Gasteiger partial charge in [-0.25, -0.2) is 13.8 Å². The van der Waals surface area contributed by atoms with Gasteiger partial charge in [0, 0.05) is 30.9 Å². The van der Waals surface area contributed by atoms with E-state index in [1.165, 1.54) is 33.0 Å². The van der Waals surface area contributed by atoms with Crippen molar-refractivity contribution in [2.24, 2.45) is 0 Å². The number of pyridine rings is 3. The molecule has 0 bridgehead atoms. The van der Waals surface area contributed by atoms with E-state index in [0.717, 1.165) is 18.2 Å². The average molecular weight is 489 g/mol. The Morgan fingerprint density at radius 2 is 1.77 bits per heavy atom. The Bertz CT molecular complexity index is 1560. The summed E-state index contributed by atoms with van der Waals surface area (Å²) >= 11 is 0. The van der Waals surface area contributed by atoms with Gasteiger partial charge in [-0.1, -0.05) is 0 Å². The molecule has 1 N–H and O–H groups in total. The number of Topliss-reactive ketones (excluding diaryl/α,β-unsaturated/α-hetero) is 1. The summed E-state index contributed by atoms with van der Waals surface area (Å²) in [6, 6.07) is 4.32. The Labute approximate surface area is 194 Å². The largest absolute Gasteiger partial charge is 0.438 e. The molecule has 0 aliphatic rings. The van der Waals surface area contributed by atoms with E-state index in [2.05, 4.69) is 15.0 Å². The number of nitrogens with zero attached hydrogens (tertiary/aromatic N) is 2. The molecule has 11 heteroatoms. The van der Waals surface area contributed by atoms with Crippen molar-refractivity contribution < 1.29 is 31.5 Å². The molecule has 0 saturated carbocycles. The van der Waals surface area contributed by atoms with E-state index in [0.29, 0.717) is 6.20 Å². The van der Waals surface area contributed by atoms with Crippen LogP contribution < -0.4 is 10.2 Å². The van der Waals surface area contributed by atoms with Crippen molar-refractivity contribution in [3.63, 3.8) is 0 Å². The lowest BCUT2D eigenvalue weighted by Gasteiger charge is -2.18. The zero-order valence-electron chi connectivity index (χ0n) is 18.5. The zero-order chi connectivity index (χ0) is 25.7. The number of nitrogens with one attached hydrogen (secondary N) is 1. The first-order valence-electron chi connectivity index (χ1n) is 10.1. The number of aromatic nitrogens is 3. The van der Waals surface area contributed by atoms with Gasteiger partial charge in [-0.05, 0) is 37.6 Å². The standard InChI is InChI=1S/C24H16F5N3O3/c1-10-13(24(27,28)29)9-31-23(35-18-5-4-14(25)21(26)11(18)2)19(10)16-8-17(34)20-15(32-16)6-7-30-22(20)12(3)33/h4-9H,1-3H3,(H,32,34). The van der Waals surface area contributed by atoms with Gasteiger partial charge in [0.25, 0.3) is 0 Å². The summed E-state index contributed by atoms with van der Waals surface area (Å²) in [7, 11) is 0. The summed E-state index contributed by atoms with van der Waals surface area (Å²) in [5, 5.41) is -0.0275. The van der Waals surface area contributed by atoms with Gasteiger partial charge in [0.2, 0.25) is 5.88 Å². The van der Waals surface area contributed by atoms with Gasteiger partial charge in [0.15, 0.2) is 22.8 Å². The lowest BCUT2D eigenvalue weighted by atomic mass is 10.0. The molecule has 4 rings (SSSR count). The van der Waals surface area contributed by atoms with E-state index in [9.17, 15) is 31.5 Å². The van der Waals surface area contributed by atoms with Gasteiger partial charge < -0.3 is 9.72 Å². The number of halogens is 5. The summed E-state index contributed by atoms with van der Waals surface area (Å²) in [6.45, 7) is 3.63. The van der Waals surface area contributed by atoms with Crippen LogP contribution in [0, 0.1) is 25.5 Å². The number of fused-ring (bicyclic) bond motifs is 1. The number of H-pyrrole nitrogens is 1. The summed E-state index contributed by atoms with van der Waals surface area (Å²) in [4.78, 5) is 35.3. The van der Waals surface area contributed by atoms with Gasteiger partial charge in [0.05, 0.1) is 27.7 Å². The number of hydrogen-bond acceptors (Lipinski definition) is 5. The first-order valence-corrected chi connectivity index (χ1v) is 10.1. The smallest absolute Gasteiger partial charge is 0.418 e. The van der Waals surface area contributed by atoms with E-state index in [4.69, 9.17) is 4.74 Å². The molecular weight excluding hydrogens is 473 g/mol. The molecule has 0 fully saturated rings. The molecule has 0 radical (unpaired) electrons. The number of carbonyl (C=O) groups is 1. The maximum atomic E-state index is 14.0. The zero-order valence-corrected chi connectivity index (χ0v) is 18.5. The number of ether oxygens (including phenoxy) is 1. The molecule has 0 saturated heterocycles. The van der Waals surface area contributed by atoms with Crippen LogP contribution in [0.4, 0.5) is 22.0 Å². The fourth-order valence-electron chi connectivity index (χ4n) is 3.71. The van der Waals surface area contributed by atoms with Gasteiger partial charge >= 0.3 is 6.18 Å². The topological polar surface area (TPSA) is 84.9 Å². The third kappa shape index (κ3) is 4.25. The highest BCUT2D eigenvalue weighted by Crippen LogP contribution is 2.41. The highest BCUT2D eigenvalue weighted by atomic mass is 19.4. The van der Waals surface area contributed by atoms with Crippen LogP contribution in [0.3, 0.4) is 0 Å². The molecule has 3 aromatic heterocycles. The minimum atomic E-state index is -4.77. The van der Waals surface area contributed by atoms with Crippen molar-refractivity contribution in [1.82, 2.24) is 15.0 Å². The molecule has 1 aromatic carbocycles. The number of aromatic amines is 1. The van der Waals surface area contributed by atoms with E-state index < -0.39 is 34.6 Å². The minimum absolute atomic E-state index is 0.0275. The number of rotatable bonds is 4. The third-order valence-corrected chi connectivity index (χ3v) is 5.45. The molecule has 35 heavy (non-hydrogen) atoms. The third-order valence-electron chi connectivity index (χ3n) is 5.45. The molecule has 0 aliphatic heterocycles. The first-order chi connectivity index (χ1) is 16.4. The van der Waals surface area contributed by atoms with Crippen LogP contribution in [0.15, 0.2) is 41.5 Å². The summed E-state index contributed by atoms with van der Waals surface area (Å²) in [5.41, 5.74) is -2.54. The maximum Gasteiger partial charge on any atom is 0.418 e. The monoisotopic (exact) mass is 489 g/mol. The normalized spacial score (nSPS) is 11.7. The van der Waals surface area contributed by atoms with Crippen LogP contribution in [-0.2, 0) is 6.18 Å². The second kappa shape index (κ2) is 8.57. The Morgan fingerprint density at radius 3 is 2.43 bits per heavy atom. The average Bonchev–Trinajstić information content (AvgIpc) is 2.78. The number of carbonyl (C=O) groups excluding carboxylic acids is 1. The van der Waals surface area contributed by atoms with Crippen molar-refractivity contribution in [3.05, 3.63) is 80.9 Å². The number of ketones is 1. The fraction of sp³-hybridized carbons (Fsp3) is 0.167. The van der Waals surface area contributed by atoms with Crippen LogP contribution in [0.25, 0.3) is 22.2 Å². The van der Waals surface area contributed by atoms with Gasteiger partial charge in [-0.2, -0.15) is 13.2 Å². The molecule has 180 valence electrons. The number of hydrogen-bond donors (Lipinski definition) is 1. The van der Waals surface area contributed by atoms with E-state index >= 15 is 0 Å². The number of benzene rings is 1. The summed E-state index contributed by atoms with van der Waals surface area (Å²) in [6.07, 6.45) is -2.94.